The van der Waals surface area contributed by atoms with E-state index >= 15 is 0 Å². The molecule has 2 rings (SSSR count). The van der Waals surface area contributed by atoms with Crippen LogP contribution in [0.5, 0.6) is 0 Å². The first-order valence-corrected chi connectivity index (χ1v) is 8.10. The summed E-state index contributed by atoms with van der Waals surface area (Å²) in [5.41, 5.74) is 0.790. The second-order valence-corrected chi connectivity index (χ2v) is 6.61. The van der Waals surface area contributed by atoms with Crippen LogP contribution in [0.1, 0.15) is 32.4 Å². The first-order chi connectivity index (χ1) is 11.0. The molecule has 0 saturated carbocycles. The average molecular weight is 318 g/mol. The lowest BCUT2D eigenvalue weighted by atomic mass is 9.89. The van der Waals surface area contributed by atoms with Crippen molar-refractivity contribution in [1.82, 2.24) is 10.6 Å². The standard InChI is InChI=1S/C18H26N2O3/c1-18(2,13-21)9-5-10-19-17(22)20-11-8-15-12-14-6-3-4-7-16(14)23-15/h3-4,6-7,12,21H,5,8-11,13H2,1-2H3,(H2,19,20,22). The van der Waals surface area contributed by atoms with E-state index < -0.39 is 0 Å². The number of hydrogen-bond acceptors (Lipinski definition) is 3. The minimum Gasteiger partial charge on any atom is -0.461 e. The van der Waals surface area contributed by atoms with Gasteiger partial charge in [-0.3, -0.25) is 0 Å². The second kappa shape index (κ2) is 8.02. The van der Waals surface area contributed by atoms with E-state index in [0.29, 0.717) is 19.5 Å². The maximum atomic E-state index is 11.7. The van der Waals surface area contributed by atoms with E-state index in [4.69, 9.17) is 4.42 Å². The van der Waals surface area contributed by atoms with Crippen LogP contribution in [0.2, 0.25) is 0 Å². The van der Waals surface area contributed by atoms with Gasteiger partial charge in [0.15, 0.2) is 0 Å². The van der Waals surface area contributed by atoms with Crippen molar-refractivity contribution in [3.05, 3.63) is 36.1 Å². The smallest absolute Gasteiger partial charge is 0.314 e. The fourth-order valence-corrected chi connectivity index (χ4v) is 2.37. The summed E-state index contributed by atoms with van der Waals surface area (Å²) in [6, 6.07) is 9.71. The molecule has 126 valence electrons. The van der Waals surface area contributed by atoms with Gasteiger partial charge in [0, 0.05) is 31.5 Å². The highest BCUT2D eigenvalue weighted by molar-refractivity contribution is 5.77. The molecule has 0 unspecified atom stereocenters. The summed E-state index contributed by atoms with van der Waals surface area (Å²) in [6.45, 7) is 5.34. The van der Waals surface area contributed by atoms with Crippen molar-refractivity contribution in [2.24, 2.45) is 5.41 Å². The van der Waals surface area contributed by atoms with Gasteiger partial charge in [0.2, 0.25) is 0 Å². The van der Waals surface area contributed by atoms with Crippen molar-refractivity contribution in [2.75, 3.05) is 19.7 Å². The first kappa shape index (κ1) is 17.3. The Bertz CT molecular complexity index is 601. The van der Waals surface area contributed by atoms with Gasteiger partial charge in [-0.25, -0.2) is 4.79 Å². The number of carbonyl (C=O) groups is 1. The molecule has 0 saturated heterocycles. The van der Waals surface area contributed by atoms with Gasteiger partial charge < -0.3 is 20.2 Å². The maximum Gasteiger partial charge on any atom is 0.314 e. The Morgan fingerprint density at radius 2 is 1.96 bits per heavy atom. The van der Waals surface area contributed by atoms with Crippen LogP contribution in [0.3, 0.4) is 0 Å². The summed E-state index contributed by atoms with van der Waals surface area (Å²) < 4.78 is 5.70. The average Bonchev–Trinajstić information content (AvgIpc) is 2.94. The highest BCUT2D eigenvalue weighted by atomic mass is 16.3. The zero-order chi connectivity index (χ0) is 16.7. The third kappa shape index (κ3) is 5.60. The van der Waals surface area contributed by atoms with Crippen LogP contribution < -0.4 is 10.6 Å². The SMILES string of the molecule is CC(C)(CO)CCCNC(=O)NCCc1cc2ccccc2o1. The van der Waals surface area contributed by atoms with Crippen LogP contribution in [0.4, 0.5) is 4.79 Å². The van der Waals surface area contributed by atoms with Gasteiger partial charge in [0.05, 0.1) is 0 Å². The van der Waals surface area contributed by atoms with Gasteiger partial charge >= 0.3 is 6.03 Å². The van der Waals surface area contributed by atoms with E-state index in [1.807, 2.05) is 44.2 Å². The van der Waals surface area contributed by atoms with Crippen LogP contribution in [-0.2, 0) is 6.42 Å². The molecule has 0 aliphatic rings. The predicted octanol–water partition coefficient (Wildman–Crippen LogP) is 3.07. The fourth-order valence-electron chi connectivity index (χ4n) is 2.37. The highest BCUT2D eigenvalue weighted by Gasteiger charge is 2.15. The molecule has 23 heavy (non-hydrogen) atoms. The van der Waals surface area contributed by atoms with E-state index in [1.165, 1.54) is 0 Å². The number of rotatable bonds is 8. The summed E-state index contributed by atoms with van der Waals surface area (Å²) in [4.78, 5) is 11.7. The number of amides is 2. The van der Waals surface area contributed by atoms with Crippen molar-refractivity contribution in [3.63, 3.8) is 0 Å². The molecule has 0 bridgehead atoms. The van der Waals surface area contributed by atoms with Crippen LogP contribution in [0.15, 0.2) is 34.7 Å². The summed E-state index contributed by atoms with van der Waals surface area (Å²) >= 11 is 0. The van der Waals surface area contributed by atoms with Crippen molar-refractivity contribution in [1.29, 1.82) is 0 Å². The molecule has 5 nitrogen and oxygen atoms in total. The number of fused-ring (bicyclic) bond motifs is 1. The van der Waals surface area contributed by atoms with Gasteiger partial charge in [0.1, 0.15) is 11.3 Å². The first-order valence-electron chi connectivity index (χ1n) is 8.10. The van der Waals surface area contributed by atoms with Gasteiger partial charge in [-0.2, -0.15) is 0 Å². The number of hydrogen-bond donors (Lipinski definition) is 3. The maximum absolute atomic E-state index is 11.7. The molecule has 0 fully saturated rings. The van der Waals surface area contributed by atoms with Gasteiger partial charge in [-0.15, -0.1) is 0 Å². The molecule has 5 heteroatoms. The molecule has 0 spiro atoms. The zero-order valence-corrected chi connectivity index (χ0v) is 13.9. The Balaban J connectivity index is 1.63. The molecule has 0 aliphatic carbocycles. The molecule has 1 aromatic heterocycles. The Kier molecular flexibility index (Phi) is 6.04. The molecular weight excluding hydrogens is 292 g/mol. The van der Waals surface area contributed by atoms with Crippen molar-refractivity contribution < 1.29 is 14.3 Å². The lowest BCUT2D eigenvalue weighted by Gasteiger charge is -2.21. The van der Waals surface area contributed by atoms with Crippen LogP contribution >= 0.6 is 0 Å². The summed E-state index contributed by atoms with van der Waals surface area (Å²) in [7, 11) is 0. The molecular formula is C18H26N2O3. The van der Waals surface area contributed by atoms with Gasteiger partial charge in [0.25, 0.3) is 0 Å². The number of furan rings is 1. The molecule has 2 amide bonds. The van der Waals surface area contributed by atoms with E-state index in [1.54, 1.807) is 0 Å². The Labute approximate surface area is 137 Å². The molecule has 3 N–H and O–H groups in total. The lowest BCUT2D eigenvalue weighted by molar-refractivity contribution is 0.148. The zero-order valence-electron chi connectivity index (χ0n) is 13.9. The third-order valence-electron chi connectivity index (χ3n) is 3.88. The Hall–Kier alpha value is -2.01. The van der Waals surface area contributed by atoms with Gasteiger partial charge in [-0.05, 0) is 30.4 Å². The monoisotopic (exact) mass is 318 g/mol. The number of aliphatic hydroxyl groups excluding tert-OH is 1. The van der Waals surface area contributed by atoms with Crippen LogP contribution in [-0.4, -0.2) is 30.8 Å². The molecule has 0 radical (unpaired) electrons. The predicted molar refractivity (Wildman–Crippen MR) is 91.4 cm³/mol. The number of para-hydroxylation sites is 1. The fraction of sp³-hybridized carbons (Fsp3) is 0.500. The molecule has 1 aromatic carbocycles. The number of nitrogens with one attached hydrogen (secondary N) is 2. The van der Waals surface area contributed by atoms with E-state index in [9.17, 15) is 9.90 Å². The van der Waals surface area contributed by atoms with Gasteiger partial charge in [-0.1, -0.05) is 32.0 Å². The molecule has 1 heterocycles. The molecule has 0 atom stereocenters. The molecule has 0 aliphatic heterocycles. The minimum absolute atomic E-state index is 0.0839. The number of urea groups is 1. The van der Waals surface area contributed by atoms with Crippen LogP contribution in [0.25, 0.3) is 11.0 Å². The summed E-state index contributed by atoms with van der Waals surface area (Å²) in [5.74, 6) is 0.871. The summed E-state index contributed by atoms with van der Waals surface area (Å²) in [6.07, 6.45) is 2.40. The third-order valence-corrected chi connectivity index (χ3v) is 3.88. The van der Waals surface area contributed by atoms with Crippen molar-refractivity contribution in [3.8, 4) is 0 Å². The summed E-state index contributed by atoms with van der Waals surface area (Å²) in [5, 5.41) is 15.9. The lowest BCUT2D eigenvalue weighted by Crippen LogP contribution is -2.37. The Morgan fingerprint density at radius 3 is 2.70 bits per heavy atom. The topological polar surface area (TPSA) is 74.5 Å². The van der Waals surface area contributed by atoms with Crippen molar-refractivity contribution >= 4 is 17.0 Å². The number of benzene rings is 1. The minimum atomic E-state index is -0.164. The van der Waals surface area contributed by atoms with Crippen LogP contribution in [0, 0.1) is 5.41 Å². The largest absolute Gasteiger partial charge is 0.461 e. The molecule has 2 aromatic rings. The van der Waals surface area contributed by atoms with E-state index in [2.05, 4.69) is 10.6 Å². The number of carbonyl (C=O) groups excluding carboxylic acids is 1. The van der Waals surface area contributed by atoms with E-state index in [-0.39, 0.29) is 18.1 Å². The number of aliphatic hydroxyl groups is 1. The normalized spacial score (nSPS) is 11.6. The quantitative estimate of drug-likeness (QED) is 0.655. The Morgan fingerprint density at radius 1 is 1.22 bits per heavy atom. The second-order valence-electron chi connectivity index (χ2n) is 6.61. The van der Waals surface area contributed by atoms with E-state index in [0.717, 1.165) is 29.6 Å². The highest BCUT2D eigenvalue weighted by Crippen LogP contribution is 2.20. The van der Waals surface area contributed by atoms with Crippen molar-refractivity contribution in [2.45, 2.75) is 33.1 Å².